The van der Waals surface area contributed by atoms with Crippen LogP contribution in [-0.4, -0.2) is 36.6 Å². The fraction of sp³-hybridized carbons (Fsp3) is 0.923. The van der Waals surface area contributed by atoms with Crippen LogP contribution in [0, 0.1) is 5.41 Å². The molecule has 0 aromatic heterocycles. The number of likely N-dealkylation sites (tertiary alicyclic amines) is 1. The van der Waals surface area contributed by atoms with Crippen LogP contribution in [0.15, 0.2) is 0 Å². The van der Waals surface area contributed by atoms with Crippen molar-refractivity contribution in [2.24, 2.45) is 5.41 Å². The molecule has 94 valence electrons. The van der Waals surface area contributed by atoms with Gasteiger partial charge >= 0.3 is 5.97 Å². The fourth-order valence-electron chi connectivity index (χ4n) is 1.88. The van der Waals surface area contributed by atoms with E-state index in [4.69, 9.17) is 4.74 Å². The van der Waals surface area contributed by atoms with E-state index in [1.165, 1.54) is 19.3 Å². The summed E-state index contributed by atoms with van der Waals surface area (Å²) in [6.07, 6.45) is 3.89. The molecule has 1 fully saturated rings. The van der Waals surface area contributed by atoms with Crippen molar-refractivity contribution in [3.63, 3.8) is 0 Å². The van der Waals surface area contributed by atoms with Crippen LogP contribution < -0.4 is 0 Å². The average molecular weight is 227 g/mol. The summed E-state index contributed by atoms with van der Waals surface area (Å²) in [5.74, 6) is -0.101. The van der Waals surface area contributed by atoms with Crippen molar-refractivity contribution in [1.29, 1.82) is 0 Å². The number of hydrogen-bond acceptors (Lipinski definition) is 3. The third kappa shape index (κ3) is 4.12. The van der Waals surface area contributed by atoms with Crippen LogP contribution in [0.5, 0.6) is 0 Å². The molecule has 1 aliphatic heterocycles. The number of rotatable bonds is 3. The van der Waals surface area contributed by atoms with Crippen LogP contribution in [0.25, 0.3) is 0 Å². The van der Waals surface area contributed by atoms with Gasteiger partial charge in [-0.3, -0.25) is 9.69 Å². The molecular weight excluding hydrogens is 202 g/mol. The highest BCUT2D eigenvalue weighted by Gasteiger charge is 2.25. The zero-order chi connectivity index (χ0) is 12.2. The van der Waals surface area contributed by atoms with E-state index in [-0.39, 0.29) is 11.4 Å². The van der Waals surface area contributed by atoms with Gasteiger partial charge in [-0.1, -0.05) is 6.42 Å². The highest BCUT2D eigenvalue weighted by Crippen LogP contribution is 2.17. The highest BCUT2D eigenvalue weighted by atomic mass is 16.5. The Kier molecular flexibility index (Phi) is 4.78. The Morgan fingerprint density at radius 2 is 1.81 bits per heavy atom. The van der Waals surface area contributed by atoms with E-state index in [1.54, 1.807) is 0 Å². The summed E-state index contributed by atoms with van der Waals surface area (Å²) >= 11 is 0. The first-order chi connectivity index (χ1) is 7.41. The van der Waals surface area contributed by atoms with Crippen molar-refractivity contribution in [2.45, 2.75) is 53.0 Å². The lowest BCUT2D eigenvalue weighted by molar-refractivity contribution is -0.154. The number of ether oxygens (including phenoxy) is 1. The Hall–Kier alpha value is -0.570. The van der Waals surface area contributed by atoms with Crippen molar-refractivity contribution in [1.82, 2.24) is 4.90 Å². The summed E-state index contributed by atoms with van der Waals surface area (Å²) in [6.45, 7) is 10.6. The van der Waals surface area contributed by atoms with Gasteiger partial charge in [0.2, 0.25) is 0 Å². The van der Waals surface area contributed by atoms with Crippen molar-refractivity contribution in [3.05, 3.63) is 0 Å². The minimum atomic E-state index is -0.387. The molecule has 1 heterocycles. The summed E-state index contributed by atoms with van der Waals surface area (Å²) in [5, 5.41) is 0. The van der Waals surface area contributed by atoms with Crippen molar-refractivity contribution >= 4 is 5.97 Å². The van der Waals surface area contributed by atoms with Gasteiger partial charge in [0.15, 0.2) is 0 Å². The predicted octanol–water partition coefficient (Wildman–Crippen LogP) is 2.45. The number of carbonyl (C=O) groups excluding carboxylic acids is 1. The summed E-state index contributed by atoms with van der Waals surface area (Å²) in [4.78, 5) is 14.0. The number of esters is 1. The lowest BCUT2D eigenvalue weighted by atomic mass is 9.97. The van der Waals surface area contributed by atoms with Gasteiger partial charge < -0.3 is 4.74 Å². The Bertz CT molecular complexity index is 227. The van der Waals surface area contributed by atoms with E-state index in [0.29, 0.717) is 12.6 Å². The SMILES string of the molecule is CC(COC(=O)C(C)(C)C)N1CCCCC1. The first-order valence-corrected chi connectivity index (χ1v) is 6.32. The molecule has 0 bridgehead atoms. The van der Waals surface area contributed by atoms with E-state index in [2.05, 4.69) is 11.8 Å². The van der Waals surface area contributed by atoms with Gasteiger partial charge in [0.25, 0.3) is 0 Å². The van der Waals surface area contributed by atoms with Crippen LogP contribution in [0.2, 0.25) is 0 Å². The third-order valence-corrected chi connectivity index (χ3v) is 3.08. The maximum atomic E-state index is 11.6. The molecule has 0 saturated carbocycles. The molecule has 1 unspecified atom stereocenters. The van der Waals surface area contributed by atoms with Gasteiger partial charge in [0.1, 0.15) is 6.61 Å². The molecule has 0 radical (unpaired) electrons. The molecular formula is C13H25NO2. The summed E-state index contributed by atoms with van der Waals surface area (Å²) in [6, 6.07) is 0.353. The Labute approximate surface area is 99.1 Å². The molecule has 0 spiro atoms. The Morgan fingerprint density at radius 1 is 1.25 bits per heavy atom. The van der Waals surface area contributed by atoms with Gasteiger partial charge in [-0.2, -0.15) is 0 Å². The minimum Gasteiger partial charge on any atom is -0.464 e. The van der Waals surface area contributed by atoms with Crippen LogP contribution in [0.4, 0.5) is 0 Å². The van der Waals surface area contributed by atoms with E-state index >= 15 is 0 Å². The van der Waals surface area contributed by atoms with E-state index in [9.17, 15) is 4.79 Å². The first-order valence-electron chi connectivity index (χ1n) is 6.32. The smallest absolute Gasteiger partial charge is 0.311 e. The number of hydrogen-bond donors (Lipinski definition) is 0. The van der Waals surface area contributed by atoms with Crippen molar-refractivity contribution < 1.29 is 9.53 Å². The van der Waals surface area contributed by atoms with Gasteiger partial charge in [-0.05, 0) is 53.6 Å². The van der Waals surface area contributed by atoms with Crippen LogP contribution >= 0.6 is 0 Å². The largest absolute Gasteiger partial charge is 0.464 e. The Balaban J connectivity index is 2.29. The zero-order valence-corrected chi connectivity index (χ0v) is 11.1. The van der Waals surface area contributed by atoms with Crippen LogP contribution in [0.1, 0.15) is 47.0 Å². The normalized spacial score (nSPS) is 20.5. The molecule has 0 aromatic rings. The van der Waals surface area contributed by atoms with Crippen molar-refractivity contribution in [2.75, 3.05) is 19.7 Å². The highest BCUT2D eigenvalue weighted by molar-refractivity contribution is 5.75. The van der Waals surface area contributed by atoms with Crippen molar-refractivity contribution in [3.8, 4) is 0 Å². The summed E-state index contributed by atoms with van der Waals surface area (Å²) < 4.78 is 5.34. The molecule has 3 nitrogen and oxygen atoms in total. The third-order valence-electron chi connectivity index (χ3n) is 3.08. The van der Waals surface area contributed by atoms with Crippen LogP contribution in [-0.2, 0) is 9.53 Å². The zero-order valence-electron chi connectivity index (χ0n) is 11.1. The molecule has 0 N–H and O–H groups in total. The topological polar surface area (TPSA) is 29.5 Å². The molecule has 1 saturated heterocycles. The van der Waals surface area contributed by atoms with Gasteiger partial charge in [-0.25, -0.2) is 0 Å². The summed E-state index contributed by atoms with van der Waals surface area (Å²) in [5.41, 5.74) is -0.387. The lowest BCUT2D eigenvalue weighted by Gasteiger charge is -2.32. The molecule has 1 atom stereocenters. The van der Waals surface area contributed by atoms with Gasteiger partial charge in [0, 0.05) is 6.04 Å². The molecule has 1 aliphatic rings. The quantitative estimate of drug-likeness (QED) is 0.694. The number of piperidine rings is 1. The molecule has 0 aromatic carbocycles. The number of nitrogens with zero attached hydrogens (tertiary/aromatic N) is 1. The molecule has 0 amide bonds. The summed E-state index contributed by atoms with van der Waals surface area (Å²) in [7, 11) is 0. The minimum absolute atomic E-state index is 0.101. The molecule has 16 heavy (non-hydrogen) atoms. The second-order valence-electron chi connectivity index (χ2n) is 5.79. The standard InChI is InChI=1S/C13H25NO2/c1-11(14-8-6-5-7-9-14)10-16-12(15)13(2,3)4/h11H,5-10H2,1-4H3. The predicted molar refractivity (Wildman–Crippen MR) is 65.3 cm³/mol. The monoisotopic (exact) mass is 227 g/mol. The maximum absolute atomic E-state index is 11.6. The molecule has 1 rings (SSSR count). The Morgan fingerprint density at radius 3 is 2.31 bits per heavy atom. The van der Waals surface area contributed by atoms with E-state index < -0.39 is 0 Å². The lowest BCUT2D eigenvalue weighted by Crippen LogP contribution is -2.41. The molecule has 0 aliphatic carbocycles. The van der Waals surface area contributed by atoms with Crippen LogP contribution in [0.3, 0.4) is 0 Å². The first kappa shape index (κ1) is 13.5. The second-order valence-corrected chi connectivity index (χ2v) is 5.79. The number of carbonyl (C=O) groups is 1. The van der Waals surface area contributed by atoms with Gasteiger partial charge in [0.05, 0.1) is 5.41 Å². The second kappa shape index (κ2) is 5.67. The fourth-order valence-corrected chi connectivity index (χ4v) is 1.88. The van der Waals surface area contributed by atoms with E-state index in [0.717, 1.165) is 13.1 Å². The van der Waals surface area contributed by atoms with Gasteiger partial charge in [-0.15, -0.1) is 0 Å². The maximum Gasteiger partial charge on any atom is 0.311 e. The average Bonchev–Trinajstić information content (AvgIpc) is 2.25. The van der Waals surface area contributed by atoms with E-state index in [1.807, 2.05) is 20.8 Å². The molecule has 3 heteroatoms.